The Kier molecular flexibility index (Phi) is 4.98. The molecule has 0 amide bonds. The van der Waals surface area contributed by atoms with Gasteiger partial charge in [0.2, 0.25) is 0 Å². The van der Waals surface area contributed by atoms with Gasteiger partial charge in [0.1, 0.15) is 0 Å². The summed E-state index contributed by atoms with van der Waals surface area (Å²) in [6.45, 7) is 7.32. The molecule has 29 heavy (non-hydrogen) atoms. The zero-order valence-corrected chi connectivity index (χ0v) is 17.4. The molecule has 4 rings (SSSR count). The van der Waals surface area contributed by atoms with Crippen LogP contribution in [0.25, 0.3) is 32.7 Å². The lowest BCUT2D eigenvalue weighted by Gasteiger charge is -2.37. The SMILES string of the molecule is CC(C)(O)C(C)(C)O[B]c1ccc2c(c1)c(-c1ccccc1)cc1ccccc12. The molecular formula is C26H26BO2. The van der Waals surface area contributed by atoms with Gasteiger partial charge in [-0.05, 0) is 66.4 Å². The van der Waals surface area contributed by atoms with Crippen molar-refractivity contribution in [1.82, 2.24) is 0 Å². The predicted octanol–water partition coefficient (Wildman–Crippen LogP) is 5.47. The van der Waals surface area contributed by atoms with Crippen molar-refractivity contribution in [3.63, 3.8) is 0 Å². The molecule has 3 heteroatoms. The Morgan fingerprint density at radius 2 is 1.41 bits per heavy atom. The Bertz CT molecular complexity index is 1160. The molecule has 0 aliphatic heterocycles. The fraction of sp³-hybridized carbons (Fsp3) is 0.231. The fourth-order valence-corrected chi connectivity index (χ4v) is 3.41. The van der Waals surface area contributed by atoms with E-state index in [2.05, 4.69) is 72.8 Å². The Hall–Kier alpha value is -2.62. The van der Waals surface area contributed by atoms with Crippen molar-refractivity contribution in [2.24, 2.45) is 0 Å². The maximum atomic E-state index is 10.4. The molecular weight excluding hydrogens is 355 g/mol. The Morgan fingerprint density at radius 1 is 0.724 bits per heavy atom. The second-order valence-electron chi connectivity index (χ2n) is 8.62. The van der Waals surface area contributed by atoms with Gasteiger partial charge in [-0.1, -0.05) is 78.3 Å². The topological polar surface area (TPSA) is 29.5 Å². The van der Waals surface area contributed by atoms with E-state index in [1.807, 2.05) is 19.9 Å². The minimum absolute atomic E-state index is 0.701. The molecule has 0 saturated carbocycles. The maximum Gasteiger partial charge on any atom is 0.330 e. The van der Waals surface area contributed by atoms with Gasteiger partial charge in [-0.15, -0.1) is 0 Å². The van der Waals surface area contributed by atoms with E-state index in [0.29, 0.717) is 0 Å². The van der Waals surface area contributed by atoms with Crippen LogP contribution in [0.2, 0.25) is 0 Å². The molecule has 0 heterocycles. The van der Waals surface area contributed by atoms with Gasteiger partial charge in [0.15, 0.2) is 0 Å². The summed E-state index contributed by atoms with van der Waals surface area (Å²) in [6, 6.07) is 27.6. The maximum absolute atomic E-state index is 10.4. The molecule has 0 aliphatic rings. The molecule has 0 unspecified atom stereocenters. The highest BCUT2D eigenvalue weighted by molar-refractivity contribution is 6.47. The van der Waals surface area contributed by atoms with Crippen LogP contribution in [0.1, 0.15) is 27.7 Å². The lowest BCUT2D eigenvalue weighted by molar-refractivity contribution is -0.0893. The first-order chi connectivity index (χ1) is 13.8. The van der Waals surface area contributed by atoms with Crippen molar-refractivity contribution in [2.75, 3.05) is 0 Å². The van der Waals surface area contributed by atoms with Crippen LogP contribution in [0, 0.1) is 0 Å². The third-order valence-electron chi connectivity index (χ3n) is 5.93. The van der Waals surface area contributed by atoms with Crippen LogP contribution in [0.3, 0.4) is 0 Å². The molecule has 0 atom stereocenters. The molecule has 145 valence electrons. The van der Waals surface area contributed by atoms with Crippen LogP contribution in [-0.4, -0.2) is 23.8 Å². The van der Waals surface area contributed by atoms with E-state index in [1.54, 1.807) is 21.3 Å². The zero-order chi connectivity index (χ0) is 20.6. The van der Waals surface area contributed by atoms with Crippen molar-refractivity contribution in [1.29, 1.82) is 0 Å². The first-order valence-electron chi connectivity index (χ1n) is 10.0. The number of hydrogen-bond donors (Lipinski definition) is 1. The molecule has 0 saturated heterocycles. The first-order valence-corrected chi connectivity index (χ1v) is 10.0. The smallest absolute Gasteiger partial charge is 0.330 e. The number of aliphatic hydroxyl groups is 1. The van der Waals surface area contributed by atoms with Gasteiger partial charge in [0, 0.05) is 0 Å². The lowest BCUT2D eigenvalue weighted by atomic mass is 9.81. The van der Waals surface area contributed by atoms with E-state index in [0.717, 1.165) is 5.46 Å². The van der Waals surface area contributed by atoms with E-state index >= 15 is 0 Å². The van der Waals surface area contributed by atoms with Gasteiger partial charge in [0.25, 0.3) is 0 Å². The van der Waals surface area contributed by atoms with Crippen LogP contribution in [-0.2, 0) is 4.65 Å². The predicted molar refractivity (Wildman–Crippen MR) is 124 cm³/mol. The summed E-state index contributed by atoms with van der Waals surface area (Å²) in [5.74, 6) is 0. The highest BCUT2D eigenvalue weighted by Gasteiger charge is 2.35. The summed E-state index contributed by atoms with van der Waals surface area (Å²) in [6.07, 6.45) is 0. The van der Waals surface area contributed by atoms with E-state index < -0.39 is 11.2 Å². The van der Waals surface area contributed by atoms with Crippen molar-refractivity contribution in [2.45, 2.75) is 38.9 Å². The summed E-state index contributed by atoms with van der Waals surface area (Å²) in [7, 11) is 1.75. The Balaban J connectivity index is 1.84. The minimum atomic E-state index is -0.953. The third kappa shape index (κ3) is 3.81. The molecule has 0 aromatic heterocycles. The Labute approximate surface area is 173 Å². The standard InChI is InChI=1S/C26H26BO2/c1-25(2,28)26(3,4)29-27-20-14-15-22-21-13-9-8-12-19(21)16-23(24(22)17-20)18-10-6-5-7-11-18/h5-17,28H,1-4H3. The van der Waals surface area contributed by atoms with Gasteiger partial charge in [-0.2, -0.15) is 0 Å². The van der Waals surface area contributed by atoms with Crippen LogP contribution >= 0.6 is 0 Å². The van der Waals surface area contributed by atoms with Gasteiger partial charge in [0.05, 0.1) is 11.2 Å². The molecule has 0 spiro atoms. The largest absolute Gasteiger partial charge is 0.427 e. The normalized spacial score (nSPS) is 12.4. The monoisotopic (exact) mass is 381 g/mol. The molecule has 0 aliphatic carbocycles. The number of fused-ring (bicyclic) bond motifs is 3. The average molecular weight is 381 g/mol. The molecule has 0 bridgehead atoms. The first kappa shape index (κ1) is 19.7. The summed E-state index contributed by atoms with van der Waals surface area (Å²) in [5.41, 5.74) is 1.72. The van der Waals surface area contributed by atoms with Crippen LogP contribution < -0.4 is 5.46 Å². The summed E-state index contributed by atoms with van der Waals surface area (Å²) in [5, 5.41) is 15.2. The van der Waals surface area contributed by atoms with Gasteiger partial charge in [-0.3, -0.25) is 0 Å². The van der Waals surface area contributed by atoms with Crippen LogP contribution in [0.15, 0.2) is 78.9 Å². The highest BCUT2D eigenvalue weighted by Crippen LogP contribution is 2.34. The van der Waals surface area contributed by atoms with Crippen molar-refractivity contribution >= 4 is 34.5 Å². The van der Waals surface area contributed by atoms with Crippen LogP contribution in [0.5, 0.6) is 0 Å². The molecule has 1 radical (unpaired) electrons. The third-order valence-corrected chi connectivity index (χ3v) is 5.93. The zero-order valence-electron chi connectivity index (χ0n) is 17.4. The van der Waals surface area contributed by atoms with Crippen LogP contribution in [0.4, 0.5) is 0 Å². The summed E-state index contributed by atoms with van der Waals surface area (Å²) in [4.78, 5) is 0. The molecule has 0 fully saturated rings. The second-order valence-corrected chi connectivity index (χ2v) is 8.62. The summed E-state index contributed by atoms with van der Waals surface area (Å²) < 4.78 is 5.99. The van der Waals surface area contributed by atoms with Gasteiger partial charge >= 0.3 is 7.48 Å². The molecule has 4 aromatic carbocycles. The van der Waals surface area contributed by atoms with Crippen molar-refractivity contribution in [3.05, 3.63) is 78.9 Å². The van der Waals surface area contributed by atoms with E-state index in [4.69, 9.17) is 4.65 Å². The van der Waals surface area contributed by atoms with E-state index in [9.17, 15) is 5.11 Å². The summed E-state index contributed by atoms with van der Waals surface area (Å²) >= 11 is 0. The number of rotatable bonds is 5. The minimum Gasteiger partial charge on any atom is -0.427 e. The van der Waals surface area contributed by atoms with E-state index in [-0.39, 0.29) is 0 Å². The molecule has 2 nitrogen and oxygen atoms in total. The number of benzene rings is 4. The van der Waals surface area contributed by atoms with Gasteiger partial charge < -0.3 is 9.76 Å². The fourth-order valence-electron chi connectivity index (χ4n) is 3.41. The number of hydrogen-bond acceptors (Lipinski definition) is 2. The average Bonchev–Trinajstić information content (AvgIpc) is 2.71. The molecule has 1 N–H and O–H groups in total. The molecule has 4 aromatic rings. The van der Waals surface area contributed by atoms with Crippen molar-refractivity contribution in [3.8, 4) is 11.1 Å². The lowest BCUT2D eigenvalue weighted by Crippen LogP contribution is -2.49. The second kappa shape index (κ2) is 7.33. The highest BCUT2D eigenvalue weighted by atomic mass is 16.5. The van der Waals surface area contributed by atoms with Gasteiger partial charge in [-0.25, -0.2) is 0 Å². The quantitative estimate of drug-likeness (QED) is 0.367. The Morgan fingerprint density at radius 3 is 2.14 bits per heavy atom. The van der Waals surface area contributed by atoms with Crippen molar-refractivity contribution < 1.29 is 9.76 Å². The van der Waals surface area contributed by atoms with E-state index in [1.165, 1.54) is 32.7 Å².